The lowest BCUT2D eigenvalue weighted by atomic mass is 10.00. The molecule has 1 saturated heterocycles. The van der Waals surface area contributed by atoms with E-state index in [9.17, 15) is 0 Å². The fraction of sp³-hybridized carbons (Fsp3) is 0.333. The Morgan fingerprint density at radius 2 is 1.80 bits per heavy atom. The van der Waals surface area contributed by atoms with Gasteiger partial charge in [-0.2, -0.15) is 0 Å². The Hall–Kier alpha value is -1.64. The molecule has 1 heterocycles. The second-order valence-corrected chi connectivity index (χ2v) is 5.29. The first-order valence-electron chi connectivity index (χ1n) is 7.39. The number of rotatable bonds is 5. The van der Waals surface area contributed by atoms with Crippen molar-refractivity contribution in [3.8, 4) is 11.1 Å². The number of nitrogens with one attached hydrogen (secondary N) is 1. The molecule has 1 aliphatic heterocycles. The quantitative estimate of drug-likeness (QED) is 0.893. The maximum Gasteiger partial charge on any atom is 0.0700 e. The highest BCUT2D eigenvalue weighted by atomic mass is 16.5. The highest BCUT2D eigenvalue weighted by Gasteiger charge is 2.14. The van der Waals surface area contributed by atoms with Gasteiger partial charge in [0.2, 0.25) is 0 Å². The summed E-state index contributed by atoms with van der Waals surface area (Å²) in [5, 5.41) is 3.53. The van der Waals surface area contributed by atoms with E-state index in [-0.39, 0.29) is 0 Å². The molecule has 2 aromatic carbocycles. The van der Waals surface area contributed by atoms with E-state index < -0.39 is 0 Å². The molecule has 0 unspecified atom stereocenters. The van der Waals surface area contributed by atoms with Crippen LogP contribution in [0.1, 0.15) is 18.4 Å². The van der Waals surface area contributed by atoms with Gasteiger partial charge in [0.25, 0.3) is 0 Å². The summed E-state index contributed by atoms with van der Waals surface area (Å²) in [6.45, 7) is 2.76. The smallest absolute Gasteiger partial charge is 0.0700 e. The Kier molecular flexibility index (Phi) is 4.46. The predicted octanol–water partition coefficient (Wildman–Crippen LogP) is 3.62. The zero-order valence-electron chi connectivity index (χ0n) is 11.7. The van der Waals surface area contributed by atoms with E-state index >= 15 is 0 Å². The molecule has 20 heavy (non-hydrogen) atoms. The maximum absolute atomic E-state index is 5.64. The lowest BCUT2D eigenvalue weighted by Gasteiger charge is -2.13. The van der Waals surface area contributed by atoms with Crippen LogP contribution in [0.25, 0.3) is 11.1 Å². The van der Waals surface area contributed by atoms with E-state index in [0.29, 0.717) is 6.10 Å². The van der Waals surface area contributed by atoms with Crippen LogP contribution in [-0.4, -0.2) is 19.3 Å². The highest BCUT2D eigenvalue weighted by Crippen LogP contribution is 2.23. The monoisotopic (exact) mass is 267 g/mol. The van der Waals surface area contributed by atoms with Gasteiger partial charge in [-0.05, 0) is 29.5 Å². The van der Waals surface area contributed by atoms with Crippen molar-refractivity contribution in [3.63, 3.8) is 0 Å². The Labute approximate surface area is 120 Å². The van der Waals surface area contributed by atoms with Crippen LogP contribution in [0, 0.1) is 0 Å². The lowest BCUT2D eigenvalue weighted by Crippen LogP contribution is -2.25. The maximum atomic E-state index is 5.64. The fourth-order valence-corrected chi connectivity index (χ4v) is 2.75. The molecule has 0 radical (unpaired) electrons. The summed E-state index contributed by atoms with van der Waals surface area (Å²) in [4.78, 5) is 0. The topological polar surface area (TPSA) is 21.3 Å². The van der Waals surface area contributed by atoms with Crippen LogP contribution in [0.15, 0.2) is 54.6 Å². The van der Waals surface area contributed by atoms with E-state index in [1.165, 1.54) is 29.5 Å². The average Bonchev–Trinajstić information content (AvgIpc) is 3.02. The van der Waals surface area contributed by atoms with Gasteiger partial charge >= 0.3 is 0 Å². The van der Waals surface area contributed by atoms with Gasteiger partial charge < -0.3 is 10.1 Å². The molecule has 1 N–H and O–H groups in total. The zero-order chi connectivity index (χ0) is 13.6. The van der Waals surface area contributed by atoms with Crippen molar-refractivity contribution in [2.45, 2.75) is 25.5 Å². The van der Waals surface area contributed by atoms with E-state index in [2.05, 4.69) is 59.9 Å². The van der Waals surface area contributed by atoms with Gasteiger partial charge in [-0.3, -0.25) is 0 Å². The summed E-state index contributed by atoms with van der Waals surface area (Å²) in [7, 11) is 0. The molecule has 0 spiro atoms. The lowest BCUT2D eigenvalue weighted by molar-refractivity contribution is 0.110. The van der Waals surface area contributed by atoms with Crippen molar-refractivity contribution in [1.82, 2.24) is 5.32 Å². The summed E-state index contributed by atoms with van der Waals surface area (Å²) in [6.07, 6.45) is 2.79. The van der Waals surface area contributed by atoms with Gasteiger partial charge in [0, 0.05) is 19.7 Å². The molecule has 0 aromatic heterocycles. The molecule has 1 aliphatic rings. The van der Waals surface area contributed by atoms with Gasteiger partial charge in [0.15, 0.2) is 0 Å². The Bertz CT molecular complexity index is 532. The summed E-state index contributed by atoms with van der Waals surface area (Å²) < 4.78 is 5.64. The van der Waals surface area contributed by atoms with Gasteiger partial charge in [0.05, 0.1) is 6.10 Å². The second kappa shape index (κ2) is 6.69. The van der Waals surface area contributed by atoms with Gasteiger partial charge in [0.1, 0.15) is 0 Å². The molecule has 2 nitrogen and oxygen atoms in total. The van der Waals surface area contributed by atoms with Crippen molar-refractivity contribution < 1.29 is 4.74 Å². The molecule has 0 amide bonds. The second-order valence-electron chi connectivity index (χ2n) is 5.29. The number of hydrogen-bond acceptors (Lipinski definition) is 2. The molecule has 0 aliphatic carbocycles. The van der Waals surface area contributed by atoms with Crippen LogP contribution in [0.2, 0.25) is 0 Å². The third kappa shape index (κ3) is 3.27. The van der Waals surface area contributed by atoms with Crippen LogP contribution in [0.3, 0.4) is 0 Å². The first kappa shape index (κ1) is 13.3. The standard InChI is InChI=1S/C18H21NO/c1-2-7-15(8-3-1)18-11-5-4-9-16(18)13-19-14-17-10-6-12-20-17/h1-5,7-9,11,17,19H,6,10,12-14H2/t17-/m1/s1. The highest BCUT2D eigenvalue weighted by molar-refractivity contribution is 5.67. The minimum absolute atomic E-state index is 0.402. The van der Waals surface area contributed by atoms with Crippen molar-refractivity contribution in [2.75, 3.05) is 13.2 Å². The molecule has 2 heteroatoms. The third-order valence-corrected chi connectivity index (χ3v) is 3.81. The van der Waals surface area contributed by atoms with Gasteiger partial charge in [-0.25, -0.2) is 0 Å². The predicted molar refractivity (Wildman–Crippen MR) is 82.6 cm³/mol. The van der Waals surface area contributed by atoms with Crippen LogP contribution in [-0.2, 0) is 11.3 Å². The largest absolute Gasteiger partial charge is 0.377 e. The van der Waals surface area contributed by atoms with Crippen LogP contribution in [0.5, 0.6) is 0 Å². The van der Waals surface area contributed by atoms with E-state index in [0.717, 1.165) is 19.7 Å². The molecule has 0 saturated carbocycles. The van der Waals surface area contributed by atoms with Crippen molar-refractivity contribution in [2.24, 2.45) is 0 Å². The summed E-state index contributed by atoms with van der Waals surface area (Å²) in [6, 6.07) is 19.2. The molecular weight excluding hydrogens is 246 g/mol. The van der Waals surface area contributed by atoms with Gasteiger partial charge in [-0.1, -0.05) is 54.6 Å². The SMILES string of the molecule is c1ccc(-c2ccccc2CNC[C@H]2CCCO2)cc1. The number of ether oxygens (including phenoxy) is 1. The number of benzene rings is 2. The normalized spacial score (nSPS) is 18.3. The summed E-state index contributed by atoms with van der Waals surface area (Å²) in [5.74, 6) is 0. The molecule has 104 valence electrons. The Morgan fingerprint density at radius 1 is 1.00 bits per heavy atom. The third-order valence-electron chi connectivity index (χ3n) is 3.81. The first-order chi connectivity index (χ1) is 9.93. The molecular formula is C18H21NO. The fourth-order valence-electron chi connectivity index (χ4n) is 2.75. The minimum atomic E-state index is 0.402. The Balaban J connectivity index is 1.67. The van der Waals surface area contributed by atoms with Gasteiger partial charge in [-0.15, -0.1) is 0 Å². The van der Waals surface area contributed by atoms with E-state index in [1.54, 1.807) is 0 Å². The average molecular weight is 267 g/mol. The Morgan fingerprint density at radius 3 is 2.60 bits per heavy atom. The zero-order valence-corrected chi connectivity index (χ0v) is 11.7. The van der Waals surface area contributed by atoms with Crippen molar-refractivity contribution in [1.29, 1.82) is 0 Å². The molecule has 0 bridgehead atoms. The minimum Gasteiger partial charge on any atom is -0.377 e. The van der Waals surface area contributed by atoms with E-state index in [1.807, 2.05) is 0 Å². The molecule has 1 atom stereocenters. The summed E-state index contributed by atoms with van der Waals surface area (Å²) in [5.41, 5.74) is 3.94. The molecule has 3 rings (SSSR count). The molecule has 1 fully saturated rings. The summed E-state index contributed by atoms with van der Waals surface area (Å²) >= 11 is 0. The molecule has 2 aromatic rings. The van der Waals surface area contributed by atoms with Crippen LogP contribution in [0.4, 0.5) is 0 Å². The first-order valence-corrected chi connectivity index (χ1v) is 7.39. The number of hydrogen-bond donors (Lipinski definition) is 1. The van der Waals surface area contributed by atoms with Crippen molar-refractivity contribution >= 4 is 0 Å². The van der Waals surface area contributed by atoms with Crippen molar-refractivity contribution in [3.05, 3.63) is 60.2 Å². The van der Waals surface area contributed by atoms with Crippen LogP contribution < -0.4 is 5.32 Å². The van der Waals surface area contributed by atoms with Crippen LogP contribution >= 0.6 is 0 Å². The van der Waals surface area contributed by atoms with E-state index in [4.69, 9.17) is 4.74 Å².